The third kappa shape index (κ3) is 6.92. The predicted molar refractivity (Wildman–Crippen MR) is 135 cm³/mol. The number of non-ortho nitro benzene ring substituents is 1. The third-order valence-electron chi connectivity index (χ3n) is 5.09. The van der Waals surface area contributed by atoms with E-state index in [1.807, 2.05) is 0 Å². The minimum atomic E-state index is -0.970. The van der Waals surface area contributed by atoms with Crippen molar-refractivity contribution in [1.29, 1.82) is 5.26 Å². The number of azo groups is 1. The predicted octanol–water partition coefficient (Wildman–Crippen LogP) is 4.04. The van der Waals surface area contributed by atoms with Crippen LogP contribution in [0.4, 0.5) is 28.4 Å². The van der Waals surface area contributed by atoms with Crippen molar-refractivity contribution in [3.63, 3.8) is 0 Å². The van der Waals surface area contributed by atoms with Gasteiger partial charge in [0.15, 0.2) is 0 Å². The highest BCUT2D eigenvalue weighted by Gasteiger charge is 2.28. The molecule has 0 aliphatic heterocycles. The third-order valence-corrected chi connectivity index (χ3v) is 5.38. The molecule has 1 unspecified atom stereocenters. The van der Waals surface area contributed by atoms with Crippen LogP contribution in [-0.2, 0) is 23.9 Å². The van der Waals surface area contributed by atoms with Crippen molar-refractivity contribution in [1.82, 2.24) is 0 Å². The Morgan fingerprint density at radius 1 is 1.18 bits per heavy atom. The molecule has 1 N–H and O–H groups in total. The number of carbonyl (C=O) groups excluding carboxylic acids is 3. The average molecular weight is 547 g/mol. The molecule has 0 saturated carbocycles. The Labute approximate surface area is 221 Å². The van der Waals surface area contributed by atoms with Gasteiger partial charge < -0.3 is 24.4 Å². The molecule has 0 heterocycles. The zero-order valence-corrected chi connectivity index (χ0v) is 21.7. The van der Waals surface area contributed by atoms with Crippen molar-refractivity contribution in [2.75, 3.05) is 38.1 Å². The summed E-state index contributed by atoms with van der Waals surface area (Å²) < 4.78 is 15.0. The number of nitro groups is 1. The number of nitriles is 1. The lowest BCUT2D eigenvalue weighted by Crippen LogP contribution is -2.43. The molecule has 0 aromatic heterocycles. The summed E-state index contributed by atoms with van der Waals surface area (Å²) in [6.45, 7) is 2.38. The number of methoxy groups -OCH3 is 3. The number of nitrogens with zero attached hydrogens (tertiary/aromatic N) is 5. The lowest BCUT2D eigenvalue weighted by molar-refractivity contribution is -0.384. The molecule has 0 aliphatic rings. The first-order valence-electron chi connectivity index (χ1n) is 10.7. The van der Waals surface area contributed by atoms with Crippen LogP contribution in [0.15, 0.2) is 34.5 Å². The fraction of sp³-hybridized carbons (Fsp3) is 0.304. The second kappa shape index (κ2) is 13.0. The fourth-order valence-corrected chi connectivity index (χ4v) is 3.48. The number of hydrogen-bond donors (Lipinski definition) is 1. The molecule has 0 aliphatic carbocycles. The van der Waals surface area contributed by atoms with Gasteiger partial charge in [-0.05, 0) is 13.0 Å². The topological polar surface area (TPSA) is 186 Å². The average Bonchev–Trinajstić information content (AvgIpc) is 2.89. The molecular weight excluding hydrogens is 524 g/mol. The highest BCUT2D eigenvalue weighted by atomic mass is 35.5. The summed E-state index contributed by atoms with van der Waals surface area (Å²) in [5, 5.41) is 30.9. The number of halogens is 1. The van der Waals surface area contributed by atoms with Crippen molar-refractivity contribution >= 4 is 57.9 Å². The lowest BCUT2D eigenvalue weighted by atomic mass is 10.1. The zero-order chi connectivity index (χ0) is 28.6. The molecule has 38 heavy (non-hydrogen) atoms. The summed E-state index contributed by atoms with van der Waals surface area (Å²) in [5.74, 6) is -1.67. The number of nitro benzene ring substituents is 1. The molecule has 15 heteroatoms. The van der Waals surface area contributed by atoms with Crippen LogP contribution < -0.4 is 15.0 Å². The van der Waals surface area contributed by atoms with Crippen LogP contribution in [0.3, 0.4) is 0 Å². The Bertz CT molecular complexity index is 1340. The van der Waals surface area contributed by atoms with E-state index < -0.39 is 34.5 Å². The van der Waals surface area contributed by atoms with Crippen LogP contribution in [0.25, 0.3) is 0 Å². The monoisotopic (exact) mass is 546 g/mol. The molecule has 1 amide bonds. The van der Waals surface area contributed by atoms with Gasteiger partial charge in [-0.25, -0.2) is 4.79 Å². The van der Waals surface area contributed by atoms with Crippen LogP contribution >= 0.6 is 11.6 Å². The number of esters is 2. The maximum Gasteiger partial charge on any atom is 0.328 e. The maximum atomic E-state index is 12.3. The quantitative estimate of drug-likeness (QED) is 0.197. The van der Waals surface area contributed by atoms with Gasteiger partial charge in [0.25, 0.3) is 5.69 Å². The number of benzene rings is 2. The van der Waals surface area contributed by atoms with Crippen molar-refractivity contribution in [2.45, 2.75) is 19.9 Å². The number of amides is 1. The van der Waals surface area contributed by atoms with Gasteiger partial charge in [-0.1, -0.05) is 11.6 Å². The Hall–Kier alpha value is -4.77. The van der Waals surface area contributed by atoms with Gasteiger partial charge in [-0.15, -0.1) is 10.2 Å². The van der Waals surface area contributed by atoms with Crippen LogP contribution in [-0.4, -0.2) is 56.7 Å². The van der Waals surface area contributed by atoms with Crippen LogP contribution in [0, 0.1) is 21.4 Å². The van der Waals surface area contributed by atoms with E-state index in [1.165, 1.54) is 52.2 Å². The van der Waals surface area contributed by atoms with E-state index in [0.717, 1.165) is 12.1 Å². The summed E-state index contributed by atoms with van der Waals surface area (Å²) in [6, 6.07) is 5.60. The second-order valence-electron chi connectivity index (χ2n) is 7.52. The highest BCUT2D eigenvalue weighted by molar-refractivity contribution is 6.33. The SMILES string of the molecule is COC(=O)CN(c1cc(NC(C)=O)c(N=Nc2c(Cl)cc([N+](=O)[O-])cc2C#N)cc1OC)C(C)C(=O)OC. The zero-order valence-electron chi connectivity index (χ0n) is 21.0. The molecule has 14 nitrogen and oxygen atoms in total. The molecule has 0 spiro atoms. The molecule has 2 aromatic rings. The van der Waals surface area contributed by atoms with E-state index in [1.54, 1.807) is 6.07 Å². The minimum absolute atomic E-state index is 0.0443. The van der Waals surface area contributed by atoms with Gasteiger partial charge in [0.1, 0.15) is 35.8 Å². The standard InChI is InChI=1S/C23H23ClN6O8/c1-12(23(33)38-5)29(11-21(32)37-4)19-8-17(26-13(2)31)18(9-20(19)36-3)27-28-22-14(10-25)6-15(30(34)35)7-16(22)24/h6-9,12H,11H2,1-5H3,(H,26,31). The summed E-state index contributed by atoms with van der Waals surface area (Å²) in [6.07, 6.45) is 0. The van der Waals surface area contributed by atoms with Gasteiger partial charge in [-0.2, -0.15) is 5.26 Å². The molecule has 200 valence electrons. The van der Waals surface area contributed by atoms with Crippen LogP contribution in [0.5, 0.6) is 5.75 Å². The summed E-state index contributed by atoms with van der Waals surface area (Å²) in [4.78, 5) is 48.1. The van der Waals surface area contributed by atoms with E-state index in [9.17, 15) is 29.8 Å². The first-order chi connectivity index (χ1) is 18.0. The van der Waals surface area contributed by atoms with E-state index in [2.05, 4.69) is 15.5 Å². The van der Waals surface area contributed by atoms with Crippen molar-refractivity contribution in [3.05, 3.63) is 45.0 Å². The van der Waals surface area contributed by atoms with E-state index in [4.69, 9.17) is 25.8 Å². The number of nitrogens with one attached hydrogen (secondary N) is 1. The lowest BCUT2D eigenvalue weighted by Gasteiger charge is -2.30. The van der Waals surface area contributed by atoms with E-state index in [-0.39, 0.29) is 45.6 Å². The number of ether oxygens (including phenoxy) is 3. The first-order valence-corrected chi connectivity index (χ1v) is 11.1. The molecule has 0 saturated heterocycles. The van der Waals surface area contributed by atoms with Gasteiger partial charge in [-0.3, -0.25) is 19.7 Å². The molecular formula is C23H23ClN6O8. The van der Waals surface area contributed by atoms with Crippen molar-refractivity contribution in [3.8, 4) is 11.8 Å². The molecule has 1 atom stereocenters. The Morgan fingerprint density at radius 2 is 1.87 bits per heavy atom. The van der Waals surface area contributed by atoms with Gasteiger partial charge in [0.2, 0.25) is 5.91 Å². The Kier molecular flexibility index (Phi) is 10.1. The normalized spacial score (nSPS) is 11.3. The second-order valence-corrected chi connectivity index (χ2v) is 7.93. The highest BCUT2D eigenvalue weighted by Crippen LogP contribution is 2.41. The smallest absolute Gasteiger partial charge is 0.328 e. The Morgan fingerprint density at radius 3 is 2.39 bits per heavy atom. The maximum absolute atomic E-state index is 12.3. The van der Waals surface area contributed by atoms with Gasteiger partial charge in [0, 0.05) is 25.1 Å². The fourth-order valence-electron chi connectivity index (χ4n) is 3.23. The number of anilines is 2. The largest absolute Gasteiger partial charge is 0.494 e. The molecule has 2 rings (SSSR count). The van der Waals surface area contributed by atoms with E-state index in [0.29, 0.717) is 0 Å². The molecule has 0 bridgehead atoms. The summed E-state index contributed by atoms with van der Waals surface area (Å²) in [7, 11) is 3.71. The van der Waals surface area contributed by atoms with Gasteiger partial charge >= 0.3 is 11.9 Å². The number of hydrogen-bond acceptors (Lipinski definition) is 12. The van der Waals surface area contributed by atoms with Crippen molar-refractivity contribution < 1.29 is 33.5 Å². The molecule has 0 fully saturated rings. The molecule has 0 radical (unpaired) electrons. The van der Waals surface area contributed by atoms with Crippen molar-refractivity contribution in [2.24, 2.45) is 10.2 Å². The molecule has 2 aromatic carbocycles. The minimum Gasteiger partial charge on any atom is -0.494 e. The summed E-state index contributed by atoms with van der Waals surface area (Å²) >= 11 is 6.12. The van der Waals surface area contributed by atoms with E-state index >= 15 is 0 Å². The number of rotatable bonds is 10. The number of carbonyl (C=O) groups is 3. The van der Waals surface area contributed by atoms with Crippen LogP contribution in [0.1, 0.15) is 19.4 Å². The summed E-state index contributed by atoms with van der Waals surface area (Å²) in [5.41, 5.74) is -0.384. The first kappa shape index (κ1) is 29.5. The van der Waals surface area contributed by atoms with Gasteiger partial charge in [0.05, 0.1) is 48.2 Å². The van der Waals surface area contributed by atoms with Crippen LogP contribution in [0.2, 0.25) is 5.02 Å². The Balaban J connectivity index is 2.72.